The van der Waals surface area contributed by atoms with Crippen molar-refractivity contribution in [3.8, 4) is 5.69 Å². The molecule has 1 fully saturated rings. The molecule has 10 nitrogen and oxygen atoms in total. The number of aromatic amines is 1. The molecule has 0 atom stereocenters. The van der Waals surface area contributed by atoms with Gasteiger partial charge in [-0.2, -0.15) is 13.2 Å². The molecule has 43 heavy (non-hydrogen) atoms. The quantitative estimate of drug-likeness (QED) is 0.299. The summed E-state index contributed by atoms with van der Waals surface area (Å²) in [6, 6.07) is 3.19. The predicted molar refractivity (Wildman–Crippen MR) is 155 cm³/mol. The van der Waals surface area contributed by atoms with E-state index in [0.29, 0.717) is 29.3 Å². The van der Waals surface area contributed by atoms with Crippen molar-refractivity contribution in [3.63, 3.8) is 0 Å². The number of hydrogen-bond acceptors (Lipinski definition) is 6. The molecule has 1 amide bonds. The van der Waals surface area contributed by atoms with Crippen molar-refractivity contribution in [2.45, 2.75) is 102 Å². The Balaban J connectivity index is 1.77. The van der Waals surface area contributed by atoms with Crippen LogP contribution in [0.5, 0.6) is 0 Å². The SMILES string of the molecule is Cc1c(C(=O)NCC(C)(C)c2nnn[nH]2)cn(-c2ccc(S(=O)(=O)NC(C)(C)C)c(C(F)(F)F)c2)c1CC1CCCCC1. The van der Waals surface area contributed by atoms with Crippen LogP contribution in [0.1, 0.15) is 99.7 Å². The highest BCUT2D eigenvalue weighted by Crippen LogP contribution is 2.37. The van der Waals surface area contributed by atoms with Crippen LogP contribution in [0.2, 0.25) is 0 Å². The third-order valence-electron chi connectivity index (χ3n) is 7.79. The largest absolute Gasteiger partial charge is 0.417 e. The zero-order chi connectivity index (χ0) is 31.8. The number of amides is 1. The lowest BCUT2D eigenvalue weighted by atomic mass is 9.85. The molecule has 0 saturated heterocycles. The first kappa shape index (κ1) is 32.6. The van der Waals surface area contributed by atoms with Gasteiger partial charge in [0, 0.05) is 35.1 Å². The van der Waals surface area contributed by atoms with E-state index in [0.717, 1.165) is 49.9 Å². The Morgan fingerprint density at radius 2 is 1.77 bits per heavy atom. The van der Waals surface area contributed by atoms with Crippen molar-refractivity contribution in [2.24, 2.45) is 5.92 Å². The second-order valence-electron chi connectivity index (χ2n) is 13.0. The van der Waals surface area contributed by atoms with Gasteiger partial charge >= 0.3 is 6.18 Å². The van der Waals surface area contributed by atoms with E-state index in [9.17, 15) is 26.4 Å². The van der Waals surface area contributed by atoms with E-state index in [4.69, 9.17) is 0 Å². The van der Waals surface area contributed by atoms with Gasteiger partial charge in [0.25, 0.3) is 5.91 Å². The van der Waals surface area contributed by atoms with Crippen LogP contribution >= 0.6 is 0 Å². The van der Waals surface area contributed by atoms with Gasteiger partial charge in [-0.05, 0) is 74.2 Å². The molecule has 0 aliphatic heterocycles. The van der Waals surface area contributed by atoms with Gasteiger partial charge in [-0.3, -0.25) is 4.79 Å². The van der Waals surface area contributed by atoms with E-state index in [-0.39, 0.29) is 18.1 Å². The summed E-state index contributed by atoms with van der Waals surface area (Å²) < 4.78 is 72.9. The highest BCUT2D eigenvalue weighted by molar-refractivity contribution is 7.89. The van der Waals surface area contributed by atoms with Crippen LogP contribution in [0.15, 0.2) is 29.3 Å². The van der Waals surface area contributed by atoms with Crippen molar-refractivity contribution >= 4 is 15.9 Å². The number of carbonyl (C=O) groups is 1. The number of nitrogens with one attached hydrogen (secondary N) is 3. The number of alkyl halides is 3. The lowest BCUT2D eigenvalue weighted by molar-refractivity contribution is -0.139. The number of sulfonamides is 1. The number of H-pyrrole nitrogens is 1. The van der Waals surface area contributed by atoms with Crippen LogP contribution in [0.25, 0.3) is 5.69 Å². The zero-order valence-electron chi connectivity index (χ0n) is 25.4. The van der Waals surface area contributed by atoms with Crippen molar-refractivity contribution in [3.05, 3.63) is 52.6 Å². The van der Waals surface area contributed by atoms with Gasteiger partial charge < -0.3 is 9.88 Å². The minimum atomic E-state index is -4.94. The van der Waals surface area contributed by atoms with Crippen molar-refractivity contribution in [2.75, 3.05) is 6.54 Å². The Hall–Kier alpha value is -3.26. The molecular formula is C29H40F3N7O3S. The fraction of sp³-hybridized carbons (Fsp3) is 0.586. The Labute approximate surface area is 250 Å². The number of hydrogen-bond donors (Lipinski definition) is 3. The molecule has 3 N–H and O–H groups in total. The Morgan fingerprint density at radius 1 is 1.09 bits per heavy atom. The lowest BCUT2D eigenvalue weighted by Gasteiger charge is -2.24. The molecule has 1 saturated carbocycles. The average Bonchev–Trinajstić information content (AvgIpc) is 3.56. The predicted octanol–water partition coefficient (Wildman–Crippen LogP) is 5.22. The highest BCUT2D eigenvalue weighted by Gasteiger charge is 2.39. The van der Waals surface area contributed by atoms with Crippen LogP contribution in [-0.4, -0.2) is 51.6 Å². The first-order chi connectivity index (χ1) is 19.9. The standard InChI is InChI=1S/C29H40F3N7O3S/c1-18-21(25(40)33-17-28(5,6)26-34-37-38-35-26)16-39(23(18)14-19-10-8-7-9-11-19)20-12-13-24(22(15-20)29(30,31)32)43(41,42)36-27(2,3)4/h12-13,15-16,19,36H,7-11,14,17H2,1-6H3,(H,33,40)(H,34,35,37,38). The molecule has 14 heteroatoms. The van der Waals surface area contributed by atoms with Gasteiger partial charge in [0.05, 0.1) is 16.0 Å². The number of halogens is 3. The molecular weight excluding hydrogens is 583 g/mol. The number of rotatable bonds is 9. The van der Waals surface area contributed by atoms with Gasteiger partial charge in [0.2, 0.25) is 10.0 Å². The molecule has 2 aromatic heterocycles. The summed E-state index contributed by atoms with van der Waals surface area (Å²) in [6.45, 7) is 10.4. The smallest absolute Gasteiger partial charge is 0.351 e. The van der Waals surface area contributed by atoms with Crippen LogP contribution in [0.4, 0.5) is 13.2 Å². The fourth-order valence-corrected chi connectivity index (χ4v) is 7.15. The maximum Gasteiger partial charge on any atom is 0.417 e. The molecule has 1 aliphatic rings. The number of carbonyl (C=O) groups excluding carboxylic acids is 1. The molecule has 0 unspecified atom stereocenters. The van der Waals surface area contributed by atoms with Crippen molar-refractivity contribution in [1.29, 1.82) is 0 Å². The summed E-state index contributed by atoms with van der Waals surface area (Å²) in [4.78, 5) is 12.6. The molecule has 0 radical (unpaired) electrons. The molecule has 0 spiro atoms. The van der Waals surface area contributed by atoms with Crippen molar-refractivity contribution in [1.82, 2.24) is 35.2 Å². The molecule has 1 aliphatic carbocycles. The Kier molecular flexibility index (Phi) is 9.13. The van der Waals surface area contributed by atoms with Gasteiger partial charge in [-0.1, -0.05) is 46.0 Å². The van der Waals surface area contributed by atoms with E-state index in [2.05, 4.69) is 30.7 Å². The molecule has 2 heterocycles. The van der Waals surface area contributed by atoms with E-state index in [1.54, 1.807) is 38.5 Å². The fourth-order valence-electron chi connectivity index (χ4n) is 5.52. The van der Waals surface area contributed by atoms with Crippen molar-refractivity contribution < 1.29 is 26.4 Å². The first-order valence-electron chi connectivity index (χ1n) is 14.4. The van der Waals surface area contributed by atoms with E-state index < -0.39 is 37.6 Å². The third-order valence-corrected chi connectivity index (χ3v) is 9.61. The maximum absolute atomic E-state index is 14.3. The number of benzene rings is 1. The summed E-state index contributed by atoms with van der Waals surface area (Å²) >= 11 is 0. The zero-order valence-corrected chi connectivity index (χ0v) is 26.2. The summed E-state index contributed by atoms with van der Waals surface area (Å²) in [5.41, 5.74) is -1.00. The molecule has 236 valence electrons. The van der Waals surface area contributed by atoms with Gasteiger partial charge in [0.15, 0.2) is 5.82 Å². The minimum Gasteiger partial charge on any atom is -0.351 e. The molecule has 1 aromatic carbocycles. The third kappa shape index (κ3) is 7.64. The van der Waals surface area contributed by atoms with Gasteiger partial charge in [-0.25, -0.2) is 18.2 Å². The van der Waals surface area contributed by atoms with Crippen LogP contribution in [0, 0.1) is 12.8 Å². The normalized spacial score (nSPS) is 15.6. The minimum absolute atomic E-state index is 0.128. The number of tetrazole rings is 1. The second kappa shape index (κ2) is 12.0. The van der Waals surface area contributed by atoms with E-state index >= 15 is 0 Å². The Bertz CT molecular complexity index is 1550. The topological polar surface area (TPSA) is 135 Å². The van der Waals surface area contributed by atoms with Crippen LogP contribution in [-0.2, 0) is 28.0 Å². The number of nitrogens with zero attached hydrogens (tertiary/aromatic N) is 4. The molecule has 4 rings (SSSR count). The van der Waals surface area contributed by atoms with Gasteiger partial charge in [-0.15, -0.1) is 5.10 Å². The number of aromatic nitrogens is 5. The molecule has 3 aromatic rings. The highest BCUT2D eigenvalue weighted by atomic mass is 32.2. The monoisotopic (exact) mass is 623 g/mol. The maximum atomic E-state index is 14.3. The first-order valence-corrected chi connectivity index (χ1v) is 15.9. The van der Waals surface area contributed by atoms with E-state index in [1.807, 2.05) is 13.8 Å². The summed E-state index contributed by atoms with van der Waals surface area (Å²) in [5.74, 6) is 0.440. The lowest BCUT2D eigenvalue weighted by Crippen LogP contribution is -2.41. The molecule has 0 bridgehead atoms. The summed E-state index contributed by atoms with van der Waals surface area (Å²) in [7, 11) is -4.48. The summed E-state index contributed by atoms with van der Waals surface area (Å²) in [5, 5.41) is 16.8. The van der Waals surface area contributed by atoms with Crippen LogP contribution in [0.3, 0.4) is 0 Å². The second-order valence-corrected chi connectivity index (χ2v) is 14.7. The Morgan fingerprint density at radius 3 is 2.35 bits per heavy atom. The van der Waals surface area contributed by atoms with Gasteiger partial charge in [0.1, 0.15) is 0 Å². The van der Waals surface area contributed by atoms with Crippen LogP contribution < -0.4 is 10.0 Å². The average molecular weight is 624 g/mol. The van der Waals surface area contributed by atoms with E-state index in [1.165, 1.54) is 6.07 Å². The summed E-state index contributed by atoms with van der Waals surface area (Å²) in [6.07, 6.45) is 2.48.